The van der Waals surface area contributed by atoms with Crippen LogP contribution >= 0.6 is 23.1 Å². The first-order chi connectivity index (χ1) is 20.1. The van der Waals surface area contributed by atoms with Crippen molar-refractivity contribution >= 4 is 68.4 Å². The summed E-state index contributed by atoms with van der Waals surface area (Å²) in [6, 6.07) is 6.37. The minimum atomic E-state index is -2.74. The molecule has 4 aromatic rings. The summed E-state index contributed by atoms with van der Waals surface area (Å²) >= 11 is 3.56. The number of rotatable bonds is 9. The zero-order valence-electron chi connectivity index (χ0n) is 24.8. The predicted molar refractivity (Wildman–Crippen MR) is 174 cm³/mol. The standard InChI is InChI=1S/C29H37BrN9O2P/c1-7-18-16-23(28(41-4)37-27(18)39-14-10-19(11-15-39)38(2)3)35-29-33-17-20(30)26(36-29)34-22-9-8-21-24(32-13-12-31-21)25(22)42(5,6)40/h8-9,12-13,16-17,19H,7,10-11,14-15H2,1-6H3,(H2,33,34,35,36). The van der Waals surface area contributed by atoms with Gasteiger partial charge in [-0.1, -0.05) is 6.92 Å². The second-order valence-corrected chi connectivity index (χ2v) is 14.9. The molecule has 0 bridgehead atoms. The van der Waals surface area contributed by atoms with Crippen LogP contribution in [0.1, 0.15) is 25.3 Å². The number of nitrogens with zero attached hydrogens (tertiary/aromatic N) is 7. The molecule has 0 amide bonds. The fourth-order valence-corrected chi connectivity index (χ4v) is 7.02. The van der Waals surface area contributed by atoms with E-state index < -0.39 is 7.14 Å². The smallest absolute Gasteiger partial charge is 0.239 e. The Kier molecular flexibility index (Phi) is 8.96. The number of pyridine rings is 1. The summed E-state index contributed by atoms with van der Waals surface area (Å²) in [6.45, 7) is 7.49. The first-order valence-corrected chi connectivity index (χ1v) is 17.3. The lowest BCUT2D eigenvalue weighted by molar-refractivity contribution is 0.249. The van der Waals surface area contributed by atoms with Gasteiger partial charge in [-0.2, -0.15) is 9.97 Å². The van der Waals surface area contributed by atoms with Crippen LogP contribution in [-0.2, 0) is 11.0 Å². The quantitative estimate of drug-likeness (QED) is 0.225. The number of methoxy groups -OCH3 is 1. The molecule has 0 unspecified atom stereocenters. The monoisotopic (exact) mass is 653 g/mol. The van der Waals surface area contributed by atoms with Crippen molar-refractivity contribution in [3.8, 4) is 5.88 Å². The van der Waals surface area contributed by atoms with E-state index in [-0.39, 0.29) is 0 Å². The minimum absolute atomic E-state index is 0.362. The van der Waals surface area contributed by atoms with Crippen molar-refractivity contribution in [1.82, 2.24) is 29.8 Å². The molecule has 0 aliphatic carbocycles. The van der Waals surface area contributed by atoms with Gasteiger partial charge < -0.3 is 29.7 Å². The number of ether oxygens (including phenoxy) is 1. The number of nitrogens with one attached hydrogen (secondary N) is 2. The van der Waals surface area contributed by atoms with Crippen molar-refractivity contribution in [3.05, 3.63) is 46.8 Å². The van der Waals surface area contributed by atoms with Crippen LogP contribution in [0.25, 0.3) is 11.0 Å². The number of fused-ring (bicyclic) bond motifs is 1. The number of benzene rings is 1. The Hall–Kier alpha value is -3.34. The van der Waals surface area contributed by atoms with Gasteiger partial charge in [0.05, 0.1) is 28.1 Å². The lowest BCUT2D eigenvalue weighted by atomic mass is 10.0. The van der Waals surface area contributed by atoms with E-state index in [0.717, 1.165) is 43.7 Å². The molecule has 1 aliphatic rings. The van der Waals surface area contributed by atoms with Crippen molar-refractivity contribution in [1.29, 1.82) is 0 Å². The van der Waals surface area contributed by atoms with Crippen LogP contribution in [0.15, 0.2) is 41.3 Å². The number of halogens is 1. The Morgan fingerprint density at radius 1 is 1.07 bits per heavy atom. The highest BCUT2D eigenvalue weighted by molar-refractivity contribution is 9.10. The molecule has 0 saturated carbocycles. The van der Waals surface area contributed by atoms with Gasteiger partial charge in [-0.3, -0.25) is 9.97 Å². The molecule has 1 aromatic carbocycles. The molecule has 5 rings (SSSR count). The third-order valence-corrected chi connectivity index (χ3v) is 9.62. The van der Waals surface area contributed by atoms with Gasteiger partial charge in [0.2, 0.25) is 11.8 Å². The van der Waals surface area contributed by atoms with E-state index in [4.69, 9.17) is 14.7 Å². The number of aryl methyl sites for hydroxylation is 1. The zero-order chi connectivity index (χ0) is 30.0. The Labute approximate surface area is 255 Å². The number of hydrogen-bond donors (Lipinski definition) is 2. The minimum Gasteiger partial charge on any atom is -0.479 e. The Balaban J connectivity index is 1.44. The third-order valence-electron chi connectivity index (χ3n) is 7.51. The summed E-state index contributed by atoms with van der Waals surface area (Å²) in [6.07, 6.45) is 7.92. The molecular formula is C29H37BrN9O2P. The lowest BCUT2D eigenvalue weighted by Gasteiger charge is -2.36. The molecule has 42 heavy (non-hydrogen) atoms. The van der Waals surface area contributed by atoms with Gasteiger partial charge >= 0.3 is 0 Å². The van der Waals surface area contributed by atoms with Crippen LogP contribution in [0.4, 0.5) is 29.0 Å². The maximum absolute atomic E-state index is 13.4. The maximum Gasteiger partial charge on any atom is 0.239 e. The maximum atomic E-state index is 13.4. The van der Waals surface area contributed by atoms with Crippen molar-refractivity contribution < 1.29 is 9.30 Å². The summed E-state index contributed by atoms with van der Waals surface area (Å²) in [7, 11) is 3.17. The second-order valence-electron chi connectivity index (χ2n) is 10.9. The summed E-state index contributed by atoms with van der Waals surface area (Å²) in [5.41, 5.74) is 3.75. The van der Waals surface area contributed by atoms with Crippen LogP contribution in [0, 0.1) is 0 Å². The molecule has 0 radical (unpaired) electrons. The zero-order valence-corrected chi connectivity index (χ0v) is 27.3. The molecule has 2 N–H and O–H groups in total. The van der Waals surface area contributed by atoms with Crippen molar-refractivity contribution in [2.45, 2.75) is 32.2 Å². The highest BCUT2D eigenvalue weighted by Crippen LogP contribution is 2.41. The van der Waals surface area contributed by atoms with Crippen molar-refractivity contribution in [3.63, 3.8) is 0 Å². The van der Waals surface area contributed by atoms with E-state index in [1.807, 2.05) is 12.1 Å². The lowest BCUT2D eigenvalue weighted by Crippen LogP contribution is -2.42. The molecule has 222 valence electrons. The molecule has 1 fully saturated rings. The van der Waals surface area contributed by atoms with Crippen LogP contribution in [0.5, 0.6) is 5.88 Å². The van der Waals surface area contributed by atoms with Gasteiger partial charge in [0.15, 0.2) is 0 Å². The number of anilines is 5. The van der Waals surface area contributed by atoms with Gasteiger partial charge in [0, 0.05) is 37.7 Å². The first-order valence-electron chi connectivity index (χ1n) is 13.9. The molecule has 0 spiro atoms. The normalized spacial score (nSPS) is 14.4. The third kappa shape index (κ3) is 6.35. The average Bonchev–Trinajstić information content (AvgIpc) is 2.97. The summed E-state index contributed by atoms with van der Waals surface area (Å²) < 4.78 is 19.7. The van der Waals surface area contributed by atoms with Gasteiger partial charge in [0.25, 0.3) is 0 Å². The average molecular weight is 655 g/mol. The summed E-state index contributed by atoms with van der Waals surface area (Å²) in [5.74, 6) is 2.31. The predicted octanol–water partition coefficient (Wildman–Crippen LogP) is 5.41. The molecule has 3 aromatic heterocycles. The fourth-order valence-electron chi connectivity index (χ4n) is 5.33. The van der Waals surface area contributed by atoms with Gasteiger partial charge in [-0.15, -0.1) is 0 Å². The van der Waals surface area contributed by atoms with Crippen LogP contribution in [-0.4, -0.2) is 83.5 Å². The molecule has 13 heteroatoms. The largest absolute Gasteiger partial charge is 0.479 e. The number of aromatic nitrogens is 5. The number of piperidine rings is 1. The van der Waals surface area contributed by atoms with E-state index in [2.05, 4.69) is 78.4 Å². The van der Waals surface area contributed by atoms with E-state index in [9.17, 15) is 4.57 Å². The SMILES string of the molecule is CCc1cc(Nc2ncc(Br)c(Nc3ccc4nccnc4c3P(C)(C)=O)n2)c(OC)nc1N1CCC(N(C)C)CC1. The Morgan fingerprint density at radius 2 is 1.81 bits per heavy atom. The number of hydrogen-bond acceptors (Lipinski definition) is 11. The molecular weight excluding hydrogens is 617 g/mol. The topological polar surface area (TPSA) is 121 Å². The van der Waals surface area contributed by atoms with Crippen LogP contribution in [0.2, 0.25) is 0 Å². The molecule has 11 nitrogen and oxygen atoms in total. The van der Waals surface area contributed by atoms with E-state index >= 15 is 0 Å². The highest BCUT2D eigenvalue weighted by Gasteiger charge is 2.25. The second kappa shape index (κ2) is 12.5. The molecule has 4 heterocycles. The highest BCUT2D eigenvalue weighted by atomic mass is 79.9. The van der Waals surface area contributed by atoms with Crippen molar-refractivity contribution in [2.24, 2.45) is 0 Å². The molecule has 0 atom stereocenters. The Bertz CT molecular complexity index is 1640. The van der Waals surface area contributed by atoms with E-state index in [1.165, 1.54) is 0 Å². The van der Waals surface area contributed by atoms with Gasteiger partial charge in [-0.05, 0) is 86.4 Å². The van der Waals surface area contributed by atoms with Gasteiger partial charge in [0.1, 0.15) is 30.0 Å². The van der Waals surface area contributed by atoms with E-state index in [1.54, 1.807) is 39.0 Å². The van der Waals surface area contributed by atoms with Crippen LogP contribution < -0.4 is 25.6 Å². The van der Waals surface area contributed by atoms with Crippen molar-refractivity contribution in [2.75, 3.05) is 63.2 Å². The summed E-state index contributed by atoms with van der Waals surface area (Å²) in [5, 5.41) is 7.27. The van der Waals surface area contributed by atoms with Crippen LogP contribution in [0.3, 0.4) is 0 Å². The fraction of sp³-hybridized carbons (Fsp3) is 0.414. The Morgan fingerprint density at radius 3 is 2.48 bits per heavy atom. The van der Waals surface area contributed by atoms with Gasteiger partial charge in [-0.25, -0.2) is 4.98 Å². The van der Waals surface area contributed by atoms with E-state index in [0.29, 0.717) is 55.9 Å². The summed E-state index contributed by atoms with van der Waals surface area (Å²) in [4.78, 5) is 27.7. The molecule has 1 aliphatic heterocycles. The molecule has 1 saturated heterocycles. The first kappa shape index (κ1) is 30.1.